The zero-order valence-electron chi connectivity index (χ0n) is 19.7. The van der Waals surface area contributed by atoms with Gasteiger partial charge in [0.15, 0.2) is 0 Å². The van der Waals surface area contributed by atoms with E-state index in [9.17, 15) is 14.7 Å². The second-order valence-corrected chi connectivity index (χ2v) is 9.10. The minimum atomic E-state index is -0.975. The summed E-state index contributed by atoms with van der Waals surface area (Å²) in [4.78, 5) is 23.6. The van der Waals surface area contributed by atoms with Crippen LogP contribution < -0.4 is 5.32 Å². The van der Waals surface area contributed by atoms with Crippen molar-refractivity contribution >= 4 is 25.3 Å². The minimum absolute atomic E-state index is 0.143. The highest BCUT2D eigenvalue weighted by Crippen LogP contribution is 2.38. The summed E-state index contributed by atoms with van der Waals surface area (Å²) in [6.45, 7) is 9.88. The highest BCUT2D eigenvalue weighted by Gasteiger charge is 2.52. The summed E-state index contributed by atoms with van der Waals surface area (Å²) < 4.78 is 17.7. The van der Waals surface area contributed by atoms with Crippen LogP contribution in [0.15, 0.2) is 54.0 Å². The number of carbonyl (C=O) groups excluding carboxylic acids is 1. The number of aromatic carboxylic acids is 1. The molecule has 0 aliphatic carbocycles. The Morgan fingerprint density at radius 1 is 1.06 bits per heavy atom. The molecular weight excluding hydrogens is 421 g/mol. The molecule has 1 saturated heterocycles. The standard InChI is InChI=1S/C25H30BNO6/c1-17-13-19(11-12-21(17)22(28)29)14-20(26-32-24(2,3)25(4,5)33-26)15-27-23(30)31-16-18-9-7-6-8-10-18/h6-14H,15-16H2,1-5H3,(H,27,30)(H,28,29). The van der Waals surface area contributed by atoms with Crippen LogP contribution in [0.4, 0.5) is 4.79 Å². The lowest BCUT2D eigenvalue weighted by atomic mass is 9.77. The Labute approximate surface area is 194 Å². The van der Waals surface area contributed by atoms with Gasteiger partial charge in [-0.15, -0.1) is 0 Å². The average Bonchev–Trinajstić information content (AvgIpc) is 2.97. The molecular formula is C25H30BNO6. The molecule has 2 N–H and O–H groups in total. The SMILES string of the molecule is Cc1cc(C=C(CNC(=O)OCc2ccccc2)B2OC(C)(C)C(C)(C)O2)ccc1C(=O)O. The fourth-order valence-electron chi connectivity index (χ4n) is 3.38. The van der Waals surface area contributed by atoms with E-state index in [1.54, 1.807) is 25.1 Å². The third-order valence-corrected chi connectivity index (χ3v) is 6.04. The summed E-state index contributed by atoms with van der Waals surface area (Å²) in [6, 6.07) is 14.5. The molecule has 1 fully saturated rings. The number of carbonyl (C=O) groups is 2. The van der Waals surface area contributed by atoms with Gasteiger partial charge in [0.05, 0.1) is 16.8 Å². The van der Waals surface area contributed by atoms with Crippen LogP contribution in [0.1, 0.15) is 54.7 Å². The summed E-state index contributed by atoms with van der Waals surface area (Å²) >= 11 is 0. The molecule has 33 heavy (non-hydrogen) atoms. The molecule has 0 aromatic heterocycles. The van der Waals surface area contributed by atoms with Gasteiger partial charge in [-0.05, 0) is 62.8 Å². The highest BCUT2D eigenvalue weighted by molar-refractivity contribution is 6.56. The van der Waals surface area contributed by atoms with Crippen LogP contribution in [0.25, 0.3) is 6.08 Å². The predicted octanol–water partition coefficient (Wildman–Crippen LogP) is 4.63. The monoisotopic (exact) mass is 451 g/mol. The van der Waals surface area contributed by atoms with E-state index >= 15 is 0 Å². The number of amides is 1. The molecule has 1 heterocycles. The number of alkyl carbamates (subject to hydrolysis) is 1. The number of hydrogen-bond donors (Lipinski definition) is 2. The molecule has 2 aromatic rings. The Morgan fingerprint density at radius 2 is 1.70 bits per heavy atom. The lowest BCUT2D eigenvalue weighted by Gasteiger charge is -2.32. The maximum absolute atomic E-state index is 12.3. The molecule has 8 heteroatoms. The molecule has 174 valence electrons. The Bertz CT molecular complexity index is 1030. The van der Waals surface area contributed by atoms with Crippen LogP contribution >= 0.6 is 0 Å². The van der Waals surface area contributed by atoms with E-state index in [2.05, 4.69) is 5.32 Å². The second kappa shape index (κ2) is 9.81. The van der Waals surface area contributed by atoms with Crippen molar-refractivity contribution in [2.45, 2.75) is 52.4 Å². The van der Waals surface area contributed by atoms with Crippen molar-refractivity contribution in [2.24, 2.45) is 0 Å². The van der Waals surface area contributed by atoms with Gasteiger partial charge in [-0.3, -0.25) is 0 Å². The summed E-state index contributed by atoms with van der Waals surface area (Å²) in [6.07, 6.45) is 1.29. The van der Waals surface area contributed by atoms with E-state index in [1.165, 1.54) is 0 Å². The van der Waals surface area contributed by atoms with Gasteiger partial charge in [0, 0.05) is 6.54 Å². The Hall–Kier alpha value is -3.10. The average molecular weight is 451 g/mol. The molecule has 0 spiro atoms. The van der Waals surface area contributed by atoms with Gasteiger partial charge < -0.3 is 24.5 Å². The van der Waals surface area contributed by atoms with Gasteiger partial charge in [0.2, 0.25) is 0 Å². The first-order valence-electron chi connectivity index (χ1n) is 10.8. The predicted molar refractivity (Wildman–Crippen MR) is 127 cm³/mol. The first kappa shape index (κ1) is 24.5. The summed E-state index contributed by atoms with van der Waals surface area (Å²) in [5.41, 5.74) is 2.14. The highest BCUT2D eigenvalue weighted by atomic mass is 16.7. The molecule has 0 atom stereocenters. The molecule has 2 aromatic carbocycles. The number of carboxylic acids is 1. The number of ether oxygens (including phenoxy) is 1. The van der Waals surface area contributed by atoms with Crippen LogP contribution in [-0.4, -0.2) is 42.0 Å². The van der Waals surface area contributed by atoms with E-state index in [0.717, 1.165) is 11.1 Å². The van der Waals surface area contributed by atoms with E-state index in [-0.39, 0.29) is 18.7 Å². The third-order valence-electron chi connectivity index (χ3n) is 6.04. The van der Waals surface area contributed by atoms with Crippen molar-refractivity contribution in [3.63, 3.8) is 0 Å². The normalized spacial score (nSPS) is 17.0. The third kappa shape index (κ3) is 6.03. The van der Waals surface area contributed by atoms with Crippen molar-refractivity contribution in [2.75, 3.05) is 6.54 Å². The van der Waals surface area contributed by atoms with Crippen LogP contribution in [0.5, 0.6) is 0 Å². The summed E-state index contributed by atoms with van der Waals surface area (Å²) in [7, 11) is -0.677. The Morgan fingerprint density at radius 3 is 2.27 bits per heavy atom. The van der Waals surface area contributed by atoms with Crippen molar-refractivity contribution < 1.29 is 28.7 Å². The molecule has 7 nitrogen and oxygen atoms in total. The smallest absolute Gasteiger partial charge is 0.478 e. The summed E-state index contributed by atoms with van der Waals surface area (Å²) in [5.74, 6) is -0.975. The first-order chi connectivity index (χ1) is 15.5. The van der Waals surface area contributed by atoms with Crippen molar-refractivity contribution in [1.29, 1.82) is 0 Å². The lowest BCUT2D eigenvalue weighted by molar-refractivity contribution is 0.00578. The number of carboxylic acid groups (broad SMARTS) is 1. The molecule has 0 bridgehead atoms. The zero-order chi connectivity index (χ0) is 24.2. The largest absolute Gasteiger partial charge is 0.492 e. The number of aryl methyl sites for hydroxylation is 1. The van der Waals surface area contributed by atoms with Crippen molar-refractivity contribution in [1.82, 2.24) is 5.32 Å². The maximum Gasteiger partial charge on any atom is 0.492 e. The molecule has 1 aliphatic rings. The molecule has 0 unspecified atom stereocenters. The Balaban J connectivity index is 1.77. The van der Waals surface area contributed by atoms with Gasteiger partial charge in [-0.2, -0.15) is 0 Å². The van der Waals surface area contributed by atoms with Crippen LogP contribution in [0, 0.1) is 6.92 Å². The molecule has 1 aliphatic heterocycles. The van der Waals surface area contributed by atoms with Gasteiger partial charge >= 0.3 is 19.2 Å². The van der Waals surface area contributed by atoms with Crippen LogP contribution in [-0.2, 0) is 20.7 Å². The minimum Gasteiger partial charge on any atom is -0.478 e. The first-order valence-corrected chi connectivity index (χ1v) is 10.8. The van der Waals surface area contributed by atoms with E-state index < -0.39 is 30.4 Å². The number of nitrogens with one attached hydrogen (secondary N) is 1. The van der Waals surface area contributed by atoms with Gasteiger partial charge in [-0.25, -0.2) is 9.59 Å². The topological polar surface area (TPSA) is 94.1 Å². The molecule has 0 radical (unpaired) electrons. The van der Waals surface area contributed by atoms with E-state index in [0.29, 0.717) is 11.0 Å². The van der Waals surface area contributed by atoms with Gasteiger partial charge in [0.1, 0.15) is 6.61 Å². The zero-order valence-corrected chi connectivity index (χ0v) is 19.7. The fourth-order valence-corrected chi connectivity index (χ4v) is 3.38. The van der Waals surface area contributed by atoms with Crippen LogP contribution in [0.2, 0.25) is 0 Å². The van der Waals surface area contributed by atoms with Crippen LogP contribution in [0.3, 0.4) is 0 Å². The molecule has 3 rings (SSSR count). The van der Waals surface area contributed by atoms with E-state index in [1.807, 2.05) is 64.1 Å². The molecule has 0 saturated carbocycles. The van der Waals surface area contributed by atoms with E-state index in [4.69, 9.17) is 14.0 Å². The fraction of sp³-hybridized carbons (Fsp3) is 0.360. The maximum atomic E-state index is 12.3. The lowest BCUT2D eigenvalue weighted by Crippen LogP contribution is -2.41. The number of rotatable bonds is 7. The second-order valence-electron chi connectivity index (χ2n) is 9.10. The van der Waals surface area contributed by atoms with Gasteiger partial charge in [-0.1, -0.05) is 48.5 Å². The van der Waals surface area contributed by atoms with Crippen molar-refractivity contribution in [3.05, 3.63) is 76.3 Å². The summed E-state index contributed by atoms with van der Waals surface area (Å²) in [5, 5.41) is 12.1. The quantitative estimate of drug-likeness (QED) is 0.596. The molecule has 1 amide bonds. The van der Waals surface area contributed by atoms with Gasteiger partial charge in [0.25, 0.3) is 0 Å². The van der Waals surface area contributed by atoms with Crippen molar-refractivity contribution in [3.8, 4) is 0 Å². The number of benzene rings is 2. The Kier molecular flexibility index (Phi) is 7.30. The number of hydrogen-bond acceptors (Lipinski definition) is 5.